The first-order valence-electron chi connectivity index (χ1n) is 6.51. The Morgan fingerprint density at radius 3 is 1.94 bits per heavy atom. The highest BCUT2D eigenvalue weighted by Gasteiger charge is 2.26. The third-order valence-electron chi connectivity index (χ3n) is 3.70. The van der Waals surface area contributed by atoms with Gasteiger partial charge in [-0.15, -0.1) is 0 Å². The van der Waals surface area contributed by atoms with Crippen molar-refractivity contribution in [2.75, 3.05) is 18.0 Å². The fourth-order valence-corrected chi connectivity index (χ4v) is 1.93. The maximum atomic E-state index is 10.4. The number of hydrogen-bond donors (Lipinski definition) is 1. The molecule has 2 heteroatoms. The Morgan fingerprint density at radius 1 is 1.12 bits per heavy atom. The molecule has 0 aliphatic rings. The van der Waals surface area contributed by atoms with Gasteiger partial charge in [0.2, 0.25) is 0 Å². The van der Waals surface area contributed by atoms with Crippen LogP contribution in [0.1, 0.15) is 40.2 Å². The van der Waals surface area contributed by atoms with Crippen molar-refractivity contribution in [2.45, 2.75) is 40.2 Å². The summed E-state index contributed by atoms with van der Waals surface area (Å²) in [5.74, 6) is 0.210. The Bertz CT molecular complexity index is 336. The average Bonchev–Trinajstić information content (AvgIpc) is 2.31. The van der Waals surface area contributed by atoms with E-state index < -0.39 is 5.60 Å². The SMILES string of the molecule is CCN(CC)c1ccc([C@@](C)(O)C(C)C)cc1. The lowest BCUT2D eigenvalue weighted by molar-refractivity contribution is 0.00906. The normalized spacial score (nSPS) is 14.8. The summed E-state index contributed by atoms with van der Waals surface area (Å²) in [6, 6.07) is 8.26. The minimum absolute atomic E-state index is 0.210. The minimum atomic E-state index is -0.748. The van der Waals surface area contributed by atoms with Gasteiger partial charge in [0.05, 0.1) is 5.60 Å². The van der Waals surface area contributed by atoms with Gasteiger partial charge in [-0.2, -0.15) is 0 Å². The smallest absolute Gasteiger partial charge is 0.0891 e. The number of rotatable bonds is 5. The van der Waals surface area contributed by atoms with E-state index >= 15 is 0 Å². The number of anilines is 1. The van der Waals surface area contributed by atoms with Crippen LogP contribution in [0.2, 0.25) is 0 Å². The van der Waals surface area contributed by atoms with E-state index in [1.165, 1.54) is 5.69 Å². The molecule has 0 fully saturated rings. The maximum absolute atomic E-state index is 10.4. The fourth-order valence-electron chi connectivity index (χ4n) is 1.93. The summed E-state index contributed by atoms with van der Waals surface area (Å²) in [5, 5.41) is 10.4. The van der Waals surface area contributed by atoms with Crippen molar-refractivity contribution in [3.63, 3.8) is 0 Å². The molecule has 96 valence electrons. The molecule has 0 spiro atoms. The molecule has 0 aromatic heterocycles. The van der Waals surface area contributed by atoms with E-state index in [4.69, 9.17) is 0 Å². The van der Waals surface area contributed by atoms with E-state index in [2.05, 4.69) is 30.9 Å². The van der Waals surface area contributed by atoms with Crippen LogP contribution in [0.3, 0.4) is 0 Å². The zero-order chi connectivity index (χ0) is 13.1. The fraction of sp³-hybridized carbons (Fsp3) is 0.600. The summed E-state index contributed by atoms with van der Waals surface area (Å²) >= 11 is 0. The Kier molecular flexibility index (Phi) is 4.58. The van der Waals surface area contributed by atoms with E-state index in [1.807, 2.05) is 32.9 Å². The summed E-state index contributed by atoms with van der Waals surface area (Å²) in [4.78, 5) is 2.30. The van der Waals surface area contributed by atoms with Crippen LogP contribution in [0.4, 0.5) is 5.69 Å². The monoisotopic (exact) mass is 235 g/mol. The number of nitrogens with zero attached hydrogens (tertiary/aromatic N) is 1. The maximum Gasteiger partial charge on any atom is 0.0891 e. The summed E-state index contributed by atoms with van der Waals surface area (Å²) < 4.78 is 0. The van der Waals surface area contributed by atoms with E-state index in [1.54, 1.807) is 0 Å². The number of hydrogen-bond acceptors (Lipinski definition) is 2. The second-order valence-electron chi connectivity index (χ2n) is 5.02. The lowest BCUT2D eigenvalue weighted by Crippen LogP contribution is -2.28. The molecular formula is C15H25NO. The van der Waals surface area contributed by atoms with Crippen molar-refractivity contribution in [3.8, 4) is 0 Å². The summed E-state index contributed by atoms with van der Waals surface area (Å²) in [7, 11) is 0. The second kappa shape index (κ2) is 5.54. The molecule has 1 atom stereocenters. The van der Waals surface area contributed by atoms with Crippen molar-refractivity contribution >= 4 is 5.69 Å². The van der Waals surface area contributed by atoms with Gasteiger partial charge in [-0.25, -0.2) is 0 Å². The molecule has 1 aromatic rings. The molecule has 0 radical (unpaired) electrons. The molecule has 17 heavy (non-hydrogen) atoms. The number of benzene rings is 1. The average molecular weight is 235 g/mol. The summed E-state index contributed by atoms with van der Waals surface area (Å²) in [6.07, 6.45) is 0. The molecule has 0 bridgehead atoms. The highest BCUT2D eigenvalue weighted by atomic mass is 16.3. The van der Waals surface area contributed by atoms with Crippen molar-refractivity contribution in [1.82, 2.24) is 0 Å². The Labute approximate surface area is 105 Å². The molecule has 0 saturated carbocycles. The second-order valence-corrected chi connectivity index (χ2v) is 5.02. The predicted molar refractivity (Wildman–Crippen MR) is 74.4 cm³/mol. The minimum Gasteiger partial charge on any atom is -0.385 e. The largest absolute Gasteiger partial charge is 0.385 e. The molecule has 0 heterocycles. The van der Waals surface area contributed by atoms with Crippen molar-refractivity contribution in [2.24, 2.45) is 5.92 Å². The number of aliphatic hydroxyl groups is 1. The van der Waals surface area contributed by atoms with Crippen LogP contribution in [0.25, 0.3) is 0 Å². The predicted octanol–water partition coefficient (Wildman–Crippen LogP) is 3.40. The summed E-state index contributed by atoms with van der Waals surface area (Å²) in [5.41, 5.74) is 1.46. The van der Waals surface area contributed by atoms with E-state index in [0.717, 1.165) is 18.7 Å². The standard InChI is InChI=1S/C15H25NO/c1-6-16(7-2)14-10-8-13(9-11-14)15(5,17)12(3)4/h8-12,17H,6-7H2,1-5H3/t15-/m0/s1. The van der Waals surface area contributed by atoms with Crippen LogP contribution in [-0.4, -0.2) is 18.2 Å². The summed E-state index contributed by atoms with van der Waals surface area (Å²) in [6.45, 7) is 12.3. The van der Waals surface area contributed by atoms with Crippen LogP contribution in [0.15, 0.2) is 24.3 Å². The molecule has 1 aromatic carbocycles. The Morgan fingerprint density at radius 2 is 1.59 bits per heavy atom. The Balaban J connectivity index is 2.95. The molecule has 0 saturated heterocycles. The van der Waals surface area contributed by atoms with E-state index in [0.29, 0.717) is 0 Å². The third kappa shape index (κ3) is 3.01. The van der Waals surface area contributed by atoms with Gasteiger partial charge in [0.1, 0.15) is 0 Å². The van der Waals surface area contributed by atoms with Crippen LogP contribution >= 0.6 is 0 Å². The van der Waals surface area contributed by atoms with Crippen LogP contribution < -0.4 is 4.90 Å². The highest BCUT2D eigenvalue weighted by Crippen LogP contribution is 2.30. The first-order chi connectivity index (χ1) is 7.93. The third-order valence-corrected chi connectivity index (χ3v) is 3.70. The highest BCUT2D eigenvalue weighted by molar-refractivity contribution is 5.48. The van der Waals surface area contributed by atoms with Gasteiger partial charge in [0.25, 0.3) is 0 Å². The molecule has 1 rings (SSSR count). The molecule has 0 unspecified atom stereocenters. The molecule has 1 N–H and O–H groups in total. The van der Waals surface area contributed by atoms with Crippen molar-refractivity contribution in [3.05, 3.63) is 29.8 Å². The van der Waals surface area contributed by atoms with Crippen molar-refractivity contribution in [1.29, 1.82) is 0 Å². The molecule has 0 amide bonds. The van der Waals surface area contributed by atoms with Gasteiger partial charge < -0.3 is 10.0 Å². The lowest BCUT2D eigenvalue weighted by atomic mass is 9.85. The Hall–Kier alpha value is -1.02. The first kappa shape index (κ1) is 14.0. The molecular weight excluding hydrogens is 210 g/mol. The van der Waals surface area contributed by atoms with Gasteiger partial charge in [-0.1, -0.05) is 26.0 Å². The van der Waals surface area contributed by atoms with Crippen LogP contribution in [-0.2, 0) is 5.60 Å². The topological polar surface area (TPSA) is 23.5 Å². The molecule has 2 nitrogen and oxygen atoms in total. The van der Waals surface area contributed by atoms with E-state index in [-0.39, 0.29) is 5.92 Å². The lowest BCUT2D eigenvalue weighted by Gasteiger charge is -2.29. The molecule has 0 aliphatic heterocycles. The quantitative estimate of drug-likeness (QED) is 0.845. The van der Waals surface area contributed by atoms with Crippen molar-refractivity contribution < 1.29 is 5.11 Å². The van der Waals surface area contributed by atoms with Crippen LogP contribution in [0.5, 0.6) is 0 Å². The van der Waals surface area contributed by atoms with Gasteiger partial charge in [0.15, 0.2) is 0 Å². The zero-order valence-corrected chi connectivity index (χ0v) is 11.7. The van der Waals surface area contributed by atoms with Gasteiger partial charge in [0, 0.05) is 18.8 Å². The zero-order valence-electron chi connectivity index (χ0n) is 11.7. The van der Waals surface area contributed by atoms with Gasteiger partial charge >= 0.3 is 0 Å². The van der Waals surface area contributed by atoms with E-state index in [9.17, 15) is 5.11 Å². The van der Waals surface area contributed by atoms with Gasteiger partial charge in [-0.3, -0.25) is 0 Å². The van der Waals surface area contributed by atoms with Crippen LogP contribution in [0, 0.1) is 5.92 Å². The van der Waals surface area contributed by atoms with Gasteiger partial charge in [-0.05, 0) is 44.4 Å². The first-order valence-corrected chi connectivity index (χ1v) is 6.51. The molecule has 0 aliphatic carbocycles.